The summed E-state index contributed by atoms with van der Waals surface area (Å²) in [6, 6.07) is 7.74. The van der Waals surface area contributed by atoms with Gasteiger partial charge in [-0.15, -0.1) is 0 Å². The maximum absolute atomic E-state index is 11.8. The molecule has 2 rings (SSSR count). The van der Waals surface area contributed by atoms with Crippen molar-refractivity contribution in [2.75, 3.05) is 18.4 Å². The van der Waals surface area contributed by atoms with E-state index in [-0.39, 0.29) is 6.10 Å². The summed E-state index contributed by atoms with van der Waals surface area (Å²) in [5.74, 6) is 0. The Hall–Kier alpha value is -1.59. The fraction of sp³-hybridized carbons (Fsp3) is 0.588. The van der Waals surface area contributed by atoms with Crippen molar-refractivity contribution in [2.24, 2.45) is 0 Å². The molecule has 5 heteroatoms. The fourth-order valence-corrected chi connectivity index (χ4v) is 2.60. The number of piperidine rings is 1. The second-order valence-corrected chi connectivity index (χ2v) is 6.86. The normalized spacial score (nSPS) is 19.7. The zero-order valence-corrected chi connectivity index (χ0v) is 13.6. The summed E-state index contributed by atoms with van der Waals surface area (Å²) in [6.07, 6.45) is 1.24. The smallest absolute Gasteiger partial charge is 0.412 e. The van der Waals surface area contributed by atoms with Crippen LogP contribution in [-0.4, -0.2) is 40.9 Å². The van der Waals surface area contributed by atoms with Gasteiger partial charge in [-0.1, -0.05) is 12.1 Å². The van der Waals surface area contributed by atoms with Gasteiger partial charge in [0, 0.05) is 18.8 Å². The van der Waals surface area contributed by atoms with Crippen molar-refractivity contribution in [1.29, 1.82) is 0 Å². The molecule has 2 N–H and O–H groups in total. The Bertz CT molecular complexity index is 511. The number of aliphatic hydroxyl groups is 1. The number of amides is 1. The zero-order chi connectivity index (χ0) is 16.2. The minimum Gasteiger partial charge on any atom is -0.444 e. The highest BCUT2D eigenvalue weighted by Crippen LogP contribution is 2.17. The molecule has 1 aliphatic heterocycles. The van der Waals surface area contributed by atoms with E-state index in [1.54, 1.807) is 0 Å². The highest BCUT2D eigenvalue weighted by Gasteiger charge is 2.18. The number of benzene rings is 1. The number of likely N-dealkylation sites (tertiary alicyclic amines) is 1. The quantitative estimate of drug-likeness (QED) is 0.901. The minimum atomic E-state index is -0.508. The molecule has 1 atom stereocenters. The molecule has 1 heterocycles. The standard InChI is InChI=1S/C17H26N2O3/c1-17(2,3)22-16(21)18-14-7-4-6-13(10-14)11-19-9-5-8-15(20)12-19/h4,6-7,10,15,20H,5,8-9,11-12H2,1-3H3,(H,18,21). The molecule has 0 aromatic heterocycles. The molecule has 122 valence electrons. The molecule has 0 aliphatic carbocycles. The van der Waals surface area contributed by atoms with Crippen molar-refractivity contribution in [3.63, 3.8) is 0 Å². The summed E-state index contributed by atoms with van der Waals surface area (Å²) in [4.78, 5) is 14.0. The first-order valence-electron chi connectivity index (χ1n) is 7.81. The van der Waals surface area contributed by atoms with E-state index < -0.39 is 11.7 Å². The predicted molar refractivity (Wildman–Crippen MR) is 86.8 cm³/mol. The van der Waals surface area contributed by atoms with Crippen LogP contribution >= 0.6 is 0 Å². The minimum absolute atomic E-state index is 0.225. The van der Waals surface area contributed by atoms with Crippen molar-refractivity contribution in [3.05, 3.63) is 29.8 Å². The molecule has 1 aliphatic rings. The van der Waals surface area contributed by atoms with Crippen molar-refractivity contribution in [1.82, 2.24) is 4.90 Å². The van der Waals surface area contributed by atoms with Crippen molar-refractivity contribution >= 4 is 11.8 Å². The number of rotatable bonds is 3. The van der Waals surface area contributed by atoms with Crippen LogP contribution in [0.3, 0.4) is 0 Å². The van der Waals surface area contributed by atoms with Crippen LogP contribution in [0.15, 0.2) is 24.3 Å². The lowest BCUT2D eigenvalue weighted by Crippen LogP contribution is -2.37. The number of hydrogen-bond acceptors (Lipinski definition) is 4. The Labute approximate surface area is 132 Å². The predicted octanol–water partition coefficient (Wildman–Crippen LogP) is 2.99. The van der Waals surface area contributed by atoms with Crippen LogP contribution in [0.1, 0.15) is 39.2 Å². The molecule has 0 radical (unpaired) electrons. The summed E-state index contributed by atoms with van der Waals surface area (Å²) in [5, 5.41) is 12.5. The lowest BCUT2D eigenvalue weighted by Gasteiger charge is -2.30. The summed E-state index contributed by atoms with van der Waals surface area (Å²) in [7, 11) is 0. The third kappa shape index (κ3) is 5.66. The number of carbonyl (C=O) groups is 1. The Morgan fingerprint density at radius 3 is 2.91 bits per heavy atom. The van der Waals surface area contributed by atoms with E-state index >= 15 is 0 Å². The summed E-state index contributed by atoms with van der Waals surface area (Å²) in [5.41, 5.74) is 1.33. The molecule has 1 fully saturated rings. The number of anilines is 1. The Kier molecular flexibility index (Phi) is 5.42. The number of aliphatic hydroxyl groups excluding tert-OH is 1. The molecule has 1 aromatic rings. The van der Waals surface area contributed by atoms with Crippen molar-refractivity contribution < 1.29 is 14.6 Å². The first kappa shape index (κ1) is 16.8. The fourth-order valence-electron chi connectivity index (χ4n) is 2.60. The summed E-state index contributed by atoms with van der Waals surface area (Å²) < 4.78 is 5.25. The zero-order valence-electron chi connectivity index (χ0n) is 13.6. The number of carbonyl (C=O) groups excluding carboxylic acids is 1. The Morgan fingerprint density at radius 2 is 2.23 bits per heavy atom. The second-order valence-electron chi connectivity index (χ2n) is 6.86. The number of ether oxygens (including phenoxy) is 1. The van der Waals surface area contributed by atoms with Crippen LogP contribution < -0.4 is 5.32 Å². The van der Waals surface area contributed by atoms with Crippen LogP contribution in [0.5, 0.6) is 0 Å². The first-order valence-corrected chi connectivity index (χ1v) is 7.81. The average molecular weight is 306 g/mol. The van der Waals surface area contributed by atoms with Crippen LogP contribution in [0.25, 0.3) is 0 Å². The molecule has 1 aromatic carbocycles. The van der Waals surface area contributed by atoms with E-state index in [0.717, 1.165) is 37.2 Å². The Morgan fingerprint density at radius 1 is 1.45 bits per heavy atom. The Balaban J connectivity index is 1.93. The van der Waals surface area contributed by atoms with Gasteiger partial charge >= 0.3 is 6.09 Å². The van der Waals surface area contributed by atoms with E-state index in [0.29, 0.717) is 6.54 Å². The van der Waals surface area contributed by atoms with Crippen LogP contribution in [0.2, 0.25) is 0 Å². The molecule has 0 spiro atoms. The van der Waals surface area contributed by atoms with E-state index in [2.05, 4.69) is 10.2 Å². The van der Waals surface area contributed by atoms with Crippen molar-refractivity contribution in [3.8, 4) is 0 Å². The molecule has 1 saturated heterocycles. The number of hydrogen-bond donors (Lipinski definition) is 2. The SMILES string of the molecule is CC(C)(C)OC(=O)Nc1cccc(CN2CCCC(O)C2)c1. The van der Waals surface area contributed by atoms with Gasteiger partial charge in [0.15, 0.2) is 0 Å². The maximum Gasteiger partial charge on any atom is 0.412 e. The van der Waals surface area contributed by atoms with Crippen LogP contribution in [0, 0.1) is 0 Å². The van der Waals surface area contributed by atoms with E-state index in [1.807, 2.05) is 45.0 Å². The van der Waals surface area contributed by atoms with Crippen LogP contribution in [-0.2, 0) is 11.3 Å². The van der Waals surface area contributed by atoms with Crippen LogP contribution in [0.4, 0.5) is 10.5 Å². The monoisotopic (exact) mass is 306 g/mol. The summed E-state index contributed by atoms with van der Waals surface area (Å²) in [6.45, 7) is 8.01. The maximum atomic E-state index is 11.8. The molecular formula is C17H26N2O3. The molecule has 1 amide bonds. The summed E-state index contributed by atoms with van der Waals surface area (Å²) >= 11 is 0. The van der Waals surface area contributed by atoms with Gasteiger partial charge in [0.25, 0.3) is 0 Å². The average Bonchev–Trinajstić information content (AvgIpc) is 2.36. The molecule has 22 heavy (non-hydrogen) atoms. The molecule has 5 nitrogen and oxygen atoms in total. The van der Waals surface area contributed by atoms with Gasteiger partial charge in [-0.3, -0.25) is 10.2 Å². The topological polar surface area (TPSA) is 61.8 Å². The van der Waals surface area contributed by atoms with Gasteiger partial charge in [0.05, 0.1) is 6.10 Å². The van der Waals surface area contributed by atoms with E-state index in [9.17, 15) is 9.90 Å². The second kappa shape index (κ2) is 7.11. The van der Waals surface area contributed by atoms with Gasteiger partial charge in [-0.25, -0.2) is 4.79 Å². The number of nitrogens with one attached hydrogen (secondary N) is 1. The van der Waals surface area contributed by atoms with Gasteiger partial charge in [0.1, 0.15) is 5.60 Å². The number of β-amino-alcohol motifs (C(OH)–C–C–N with tert-alkyl or cyclic N) is 1. The van der Waals surface area contributed by atoms with E-state index in [1.165, 1.54) is 0 Å². The number of nitrogens with zero attached hydrogens (tertiary/aromatic N) is 1. The largest absolute Gasteiger partial charge is 0.444 e. The lowest BCUT2D eigenvalue weighted by atomic mass is 10.1. The highest BCUT2D eigenvalue weighted by atomic mass is 16.6. The van der Waals surface area contributed by atoms with Crippen molar-refractivity contribution in [2.45, 2.75) is 51.9 Å². The first-order chi connectivity index (χ1) is 10.3. The van der Waals surface area contributed by atoms with Gasteiger partial charge < -0.3 is 9.84 Å². The molecular weight excluding hydrogens is 280 g/mol. The molecule has 0 bridgehead atoms. The van der Waals surface area contributed by atoms with Gasteiger partial charge in [-0.2, -0.15) is 0 Å². The third-order valence-electron chi connectivity index (χ3n) is 3.46. The van der Waals surface area contributed by atoms with E-state index in [4.69, 9.17) is 4.74 Å². The van der Waals surface area contributed by atoms with Gasteiger partial charge in [0.2, 0.25) is 0 Å². The third-order valence-corrected chi connectivity index (χ3v) is 3.46. The lowest BCUT2D eigenvalue weighted by molar-refractivity contribution is 0.0636. The molecule has 1 unspecified atom stereocenters. The molecule has 0 saturated carbocycles. The highest BCUT2D eigenvalue weighted by molar-refractivity contribution is 5.84. The van der Waals surface area contributed by atoms with Gasteiger partial charge in [-0.05, 0) is 57.9 Å².